The zero-order chi connectivity index (χ0) is 13.7. The minimum Gasteiger partial charge on any atom is -0.341 e. The van der Waals surface area contributed by atoms with Gasteiger partial charge in [-0.2, -0.15) is 0 Å². The summed E-state index contributed by atoms with van der Waals surface area (Å²) in [7, 11) is 1.98. The van der Waals surface area contributed by atoms with Gasteiger partial charge in [0.05, 0.1) is 5.38 Å². The second-order valence-corrected chi connectivity index (χ2v) is 6.92. The molecule has 0 aromatic heterocycles. The number of halogens is 1. The molecule has 2 fully saturated rings. The van der Waals surface area contributed by atoms with E-state index < -0.39 is 0 Å². The number of hydrogen-bond acceptors (Lipinski definition) is 1. The zero-order valence-electron chi connectivity index (χ0n) is 12.2. The minimum atomic E-state index is 0.163. The van der Waals surface area contributed by atoms with Gasteiger partial charge in [-0.15, -0.1) is 11.6 Å². The van der Waals surface area contributed by atoms with Crippen LogP contribution >= 0.6 is 11.6 Å². The third-order valence-electron chi connectivity index (χ3n) is 4.95. The van der Waals surface area contributed by atoms with Crippen LogP contribution in [-0.4, -0.2) is 29.3 Å². The van der Waals surface area contributed by atoms with Crippen molar-refractivity contribution in [3.05, 3.63) is 0 Å². The summed E-state index contributed by atoms with van der Waals surface area (Å²) >= 11 is 6.42. The Balaban J connectivity index is 1.92. The summed E-state index contributed by atoms with van der Waals surface area (Å²) in [6, 6.07) is 0.272. The summed E-state index contributed by atoms with van der Waals surface area (Å²) in [5, 5.41) is 0.163. The van der Waals surface area contributed by atoms with E-state index in [-0.39, 0.29) is 17.3 Å². The fourth-order valence-corrected chi connectivity index (χ4v) is 4.11. The Bertz CT molecular complexity index is 286. The molecule has 2 aliphatic carbocycles. The highest BCUT2D eigenvalue weighted by Crippen LogP contribution is 2.30. The molecule has 0 radical (unpaired) electrons. The Morgan fingerprint density at radius 3 is 2.05 bits per heavy atom. The van der Waals surface area contributed by atoms with Gasteiger partial charge in [0.25, 0.3) is 0 Å². The van der Waals surface area contributed by atoms with E-state index in [0.717, 1.165) is 25.7 Å². The van der Waals surface area contributed by atoms with Gasteiger partial charge >= 0.3 is 0 Å². The Kier molecular flexibility index (Phi) is 6.00. The van der Waals surface area contributed by atoms with Gasteiger partial charge in [0.15, 0.2) is 0 Å². The molecular weight excluding hydrogens is 258 g/mol. The third-order valence-corrected chi connectivity index (χ3v) is 5.46. The molecule has 2 nitrogen and oxygen atoms in total. The summed E-state index contributed by atoms with van der Waals surface area (Å²) in [5.41, 5.74) is 0. The first-order chi connectivity index (χ1) is 9.20. The van der Waals surface area contributed by atoms with Gasteiger partial charge in [-0.1, -0.05) is 44.9 Å². The molecule has 0 spiro atoms. The average molecular weight is 286 g/mol. The smallest absolute Gasteiger partial charge is 0.225 e. The van der Waals surface area contributed by atoms with Crippen molar-refractivity contribution >= 4 is 17.5 Å². The van der Waals surface area contributed by atoms with Crippen LogP contribution in [-0.2, 0) is 4.79 Å². The van der Waals surface area contributed by atoms with Gasteiger partial charge in [-0.25, -0.2) is 0 Å². The van der Waals surface area contributed by atoms with Crippen LogP contribution in [0.1, 0.15) is 70.6 Å². The highest BCUT2D eigenvalue weighted by atomic mass is 35.5. The lowest BCUT2D eigenvalue weighted by atomic mass is 9.88. The van der Waals surface area contributed by atoms with Crippen molar-refractivity contribution < 1.29 is 4.79 Å². The second-order valence-electron chi connectivity index (χ2n) is 6.36. The zero-order valence-corrected chi connectivity index (χ0v) is 13.0. The lowest BCUT2D eigenvalue weighted by molar-refractivity contribution is -0.137. The van der Waals surface area contributed by atoms with Crippen molar-refractivity contribution in [2.45, 2.75) is 82.0 Å². The summed E-state index contributed by atoms with van der Waals surface area (Å²) in [5.74, 6) is 0.621. The van der Waals surface area contributed by atoms with E-state index in [0.29, 0.717) is 5.91 Å². The SMILES string of the molecule is CN(C(=O)C1CCCCCCC1)C1CCCCC1Cl. The summed E-state index contributed by atoms with van der Waals surface area (Å²) in [6.45, 7) is 0. The van der Waals surface area contributed by atoms with Gasteiger partial charge in [0, 0.05) is 19.0 Å². The molecule has 0 aliphatic heterocycles. The van der Waals surface area contributed by atoms with E-state index in [2.05, 4.69) is 0 Å². The van der Waals surface area contributed by atoms with E-state index in [4.69, 9.17) is 11.6 Å². The first kappa shape index (κ1) is 15.2. The number of carbonyl (C=O) groups excluding carboxylic acids is 1. The van der Waals surface area contributed by atoms with Gasteiger partial charge in [0.2, 0.25) is 5.91 Å². The quantitative estimate of drug-likeness (QED) is 0.691. The number of hydrogen-bond donors (Lipinski definition) is 0. The topological polar surface area (TPSA) is 20.3 Å². The first-order valence-electron chi connectivity index (χ1n) is 8.11. The number of rotatable bonds is 2. The predicted octanol–water partition coefficient (Wildman–Crippen LogP) is 4.36. The van der Waals surface area contributed by atoms with Gasteiger partial charge in [0.1, 0.15) is 0 Å². The molecule has 2 unspecified atom stereocenters. The van der Waals surface area contributed by atoms with Gasteiger partial charge < -0.3 is 4.90 Å². The molecule has 0 saturated heterocycles. The monoisotopic (exact) mass is 285 g/mol. The number of nitrogens with zero attached hydrogens (tertiary/aromatic N) is 1. The van der Waals surface area contributed by atoms with Crippen LogP contribution in [0.3, 0.4) is 0 Å². The van der Waals surface area contributed by atoms with Crippen LogP contribution in [0.2, 0.25) is 0 Å². The van der Waals surface area contributed by atoms with Crippen LogP contribution in [0.15, 0.2) is 0 Å². The Labute approximate surface area is 122 Å². The summed E-state index contributed by atoms with van der Waals surface area (Å²) in [6.07, 6.45) is 13.2. The van der Waals surface area contributed by atoms with Crippen LogP contribution in [0, 0.1) is 5.92 Å². The maximum absolute atomic E-state index is 12.7. The highest BCUT2D eigenvalue weighted by molar-refractivity contribution is 6.21. The first-order valence-corrected chi connectivity index (χ1v) is 8.54. The van der Waals surface area contributed by atoms with Crippen LogP contribution in [0.4, 0.5) is 0 Å². The van der Waals surface area contributed by atoms with Crippen molar-refractivity contribution in [2.24, 2.45) is 5.92 Å². The predicted molar refractivity (Wildman–Crippen MR) is 80.5 cm³/mol. The maximum Gasteiger partial charge on any atom is 0.225 e. The third kappa shape index (κ3) is 4.11. The Morgan fingerprint density at radius 1 is 0.895 bits per heavy atom. The van der Waals surface area contributed by atoms with Crippen LogP contribution in [0.25, 0.3) is 0 Å². The Morgan fingerprint density at radius 2 is 1.42 bits per heavy atom. The molecule has 1 amide bonds. The molecule has 2 aliphatic rings. The van der Waals surface area contributed by atoms with E-state index in [9.17, 15) is 4.79 Å². The average Bonchev–Trinajstić information content (AvgIpc) is 2.37. The molecule has 3 heteroatoms. The highest BCUT2D eigenvalue weighted by Gasteiger charge is 2.32. The second kappa shape index (κ2) is 7.52. The van der Waals surface area contributed by atoms with Gasteiger partial charge in [-0.05, 0) is 25.7 Å². The number of amides is 1. The molecule has 0 aromatic carbocycles. The number of alkyl halides is 1. The lowest BCUT2D eigenvalue weighted by Gasteiger charge is -2.37. The van der Waals surface area contributed by atoms with E-state index in [1.54, 1.807) is 0 Å². The van der Waals surface area contributed by atoms with Crippen molar-refractivity contribution in [1.82, 2.24) is 4.90 Å². The Hall–Kier alpha value is -0.240. The fraction of sp³-hybridized carbons (Fsp3) is 0.938. The lowest BCUT2D eigenvalue weighted by Crippen LogP contribution is -2.46. The molecule has 110 valence electrons. The van der Waals surface area contributed by atoms with Crippen LogP contribution < -0.4 is 0 Å². The molecule has 0 heterocycles. The summed E-state index contributed by atoms with van der Waals surface area (Å²) in [4.78, 5) is 14.7. The van der Waals surface area contributed by atoms with Crippen molar-refractivity contribution in [2.75, 3.05) is 7.05 Å². The minimum absolute atomic E-state index is 0.163. The molecule has 0 N–H and O–H groups in total. The maximum atomic E-state index is 12.7. The molecule has 0 aromatic rings. The standard InChI is InChI=1S/C16H28ClNO/c1-18(15-12-8-7-11-14(15)17)16(19)13-9-5-3-2-4-6-10-13/h13-15H,2-12H2,1H3. The fourth-order valence-electron chi connectivity index (χ4n) is 3.66. The molecule has 2 atom stereocenters. The molecule has 0 bridgehead atoms. The summed E-state index contributed by atoms with van der Waals surface area (Å²) < 4.78 is 0. The molecular formula is C16H28ClNO. The van der Waals surface area contributed by atoms with E-state index >= 15 is 0 Å². The molecule has 2 rings (SSSR count). The van der Waals surface area contributed by atoms with Crippen molar-refractivity contribution in [1.29, 1.82) is 0 Å². The van der Waals surface area contributed by atoms with Gasteiger partial charge in [-0.3, -0.25) is 4.79 Å². The van der Waals surface area contributed by atoms with E-state index in [1.165, 1.54) is 44.9 Å². The largest absolute Gasteiger partial charge is 0.341 e. The van der Waals surface area contributed by atoms with Crippen LogP contribution in [0.5, 0.6) is 0 Å². The van der Waals surface area contributed by atoms with Crippen molar-refractivity contribution in [3.8, 4) is 0 Å². The number of carbonyl (C=O) groups is 1. The van der Waals surface area contributed by atoms with Crippen molar-refractivity contribution in [3.63, 3.8) is 0 Å². The molecule has 2 saturated carbocycles. The molecule has 19 heavy (non-hydrogen) atoms. The normalized spacial score (nSPS) is 30.4. The van der Waals surface area contributed by atoms with E-state index in [1.807, 2.05) is 11.9 Å².